The summed E-state index contributed by atoms with van der Waals surface area (Å²) in [5.41, 5.74) is 0. The Morgan fingerprint density at radius 2 is 2.42 bits per heavy atom. The molecule has 1 atom stereocenters. The summed E-state index contributed by atoms with van der Waals surface area (Å²) >= 11 is 0. The van der Waals surface area contributed by atoms with Gasteiger partial charge in [0.05, 0.1) is 5.76 Å². The van der Waals surface area contributed by atoms with Crippen LogP contribution in [0.1, 0.15) is 39.5 Å². The van der Waals surface area contributed by atoms with Gasteiger partial charge in [0.15, 0.2) is 0 Å². The maximum atomic E-state index is 5.58. The highest BCUT2D eigenvalue weighted by Gasteiger charge is 2.11. The van der Waals surface area contributed by atoms with Gasteiger partial charge in [0.25, 0.3) is 0 Å². The Morgan fingerprint density at radius 3 is 3.08 bits per heavy atom. The van der Waals surface area contributed by atoms with Crippen LogP contribution in [0.3, 0.4) is 0 Å². The maximum Gasteiger partial charge on any atom is 0.149 e. The Labute approximate surface area is 75.0 Å². The first-order valence-electron chi connectivity index (χ1n) is 4.89. The zero-order chi connectivity index (χ0) is 8.81. The first-order valence-corrected chi connectivity index (χ1v) is 4.89. The second-order valence-corrected chi connectivity index (χ2v) is 3.33. The van der Waals surface area contributed by atoms with Gasteiger partial charge in [0.2, 0.25) is 0 Å². The fourth-order valence-electron chi connectivity index (χ4n) is 1.39. The first-order chi connectivity index (χ1) is 5.83. The standard InChI is InChI=1S/C10H19NO/c1-3-4-5-6-10-11-8-7-9(2)12-10/h7,10-11H,3-6,8H2,1-2H3. The molecule has 0 saturated carbocycles. The van der Waals surface area contributed by atoms with Gasteiger partial charge in [0.1, 0.15) is 6.23 Å². The summed E-state index contributed by atoms with van der Waals surface area (Å²) in [5, 5.41) is 3.31. The molecule has 0 fully saturated rings. The molecule has 0 aliphatic carbocycles. The van der Waals surface area contributed by atoms with Gasteiger partial charge < -0.3 is 4.74 Å². The van der Waals surface area contributed by atoms with E-state index in [1.807, 2.05) is 6.92 Å². The minimum Gasteiger partial charge on any atom is -0.480 e. The molecule has 1 N–H and O–H groups in total. The SMILES string of the molecule is CCCCCC1NCC=C(C)O1. The normalized spacial score (nSPS) is 23.2. The minimum absolute atomic E-state index is 0.265. The maximum absolute atomic E-state index is 5.58. The highest BCUT2D eigenvalue weighted by molar-refractivity contribution is 4.94. The zero-order valence-corrected chi connectivity index (χ0v) is 8.10. The van der Waals surface area contributed by atoms with Gasteiger partial charge in [-0.25, -0.2) is 0 Å². The Kier molecular flexibility index (Phi) is 4.15. The van der Waals surface area contributed by atoms with Crippen LogP contribution < -0.4 is 5.32 Å². The Bertz CT molecular complexity index is 154. The molecule has 0 aromatic carbocycles. The molecule has 2 heteroatoms. The minimum atomic E-state index is 0.265. The van der Waals surface area contributed by atoms with E-state index < -0.39 is 0 Å². The van der Waals surface area contributed by atoms with Crippen molar-refractivity contribution in [3.8, 4) is 0 Å². The highest BCUT2D eigenvalue weighted by atomic mass is 16.5. The van der Waals surface area contributed by atoms with Crippen molar-refractivity contribution in [2.75, 3.05) is 6.54 Å². The molecule has 0 saturated heterocycles. The molecule has 1 rings (SSSR count). The van der Waals surface area contributed by atoms with Crippen molar-refractivity contribution in [2.24, 2.45) is 0 Å². The fourth-order valence-corrected chi connectivity index (χ4v) is 1.39. The number of ether oxygens (including phenoxy) is 1. The molecule has 1 heterocycles. The molecular weight excluding hydrogens is 150 g/mol. The van der Waals surface area contributed by atoms with Crippen molar-refractivity contribution in [2.45, 2.75) is 45.8 Å². The summed E-state index contributed by atoms with van der Waals surface area (Å²) in [6, 6.07) is 0. The van der Waals surface area contributed by atoms with E-state index in [-0.39, 0.29) is 6.23 Å². The third-order valence-electron chi connectivity index (χ3n) is 2.13. The molecule has 0 bridgehead atoms. The summed E-state index contributed by atoms with van der Waals surface area (Å²) in [5.74, 6) is 1.07. The van der Waals surface area contributed by atoms with E-state index >= 15 is 0 Å². The van der Waals surface area contributed by atoms with Gasteiger partial charge in [-0.15, -0.1) is 0 Å². The van der Waals surface area contributed by atoms with Crippen LogP contribution in [0, 0.1) is 0 Å². The number of nitrogens with one attached hydrogen (secondary N) is 1. The fraction of sp³-hybridized carbons (Fsp3) is 0.800. The molecule has 1 aliphatic heterocycles. The number of allylic oxidation sites excluding steroid dienone is 1. The number of hydrogen-bond donors (Lipinski definition) is 1. The molecule has 70 valence electrons. The third kappa shape index (κ3) is 3.26. The predicted octanol–water partition coefficient (Wildman–Crippen LogP) is 2.42. The molecule has 0 amide bonds. The average Bonchev–Trinajstić information content (AvgIpc) is 2.05. The monoisotopic (exact) mass is 169 g/mol. The first kappa shape index (κ1) is 9.59. The average molecular weight is 169 g/mol. The van der Waals surface area contributed by atoms with E-state index in [2.05, 4.69) is 18.3 Å². The van der Waals surface area contributed by atoms with E-state index in [4.69, 9.17) is 4.74 Å². The quantitative estimate of drug-likeness (QED) is 0.652. The van der Waals surface area contributed by atoms with E-state index in [1.54, 1.807) is 0 Å². The molecule has 0 aromatic rings. The van der Waals surface area contributed by atoms with Gasteiger partial charge in [-0.3, -0.25) is 5.32 Å². The van der Waals surface area contributed by atoms with Crippen LogP contribution in [0.5, 0.6) is 0 Å². The third-order valence-corrected chi connectivity index (χ3v) is 2.13. The lowest BCUT2D eigenvalue weighted by Gasteiger charge is -2.24. The van der Waals surface area contributed by atoms with Crippen molar-refractivity contribution in [3.63, 3.8) is 0 Å². The van der Waals surface area contributed by atoms with Crippen molar-refractivity contribution >= 4 is 0 Å². The second kappa shape index (κ2) is 5.20. The van der Waals surface area contributed by atoms with Crippen LogP contribution in [0.25, 0.3) is 0 Å². The predicted molar refractivity (Wildman–Crippen MR) is 50.8 cm³/mol. The highest BCUT2D eigenvalue weighted by Crippen LogP contribution is 2.11. The molecule has 0 spiro atoms. The molecule has 1 unspecified atom stereocenters. The van der Waals surface area contributed by atoms with E-state index in [1.165, 1.54) is 19.3 Å². The number of hydrogen-bond acceptors (Lipinski definition) is 2. The van der Waals surface area contributed by atoms with Crippen molar-refractivity contribution in [3.05, 3.63) is 11.8 Å². The molecule has 0 radical (unpaired) electrons. The summed E-state index contributed by atoms with van der Waals surface area (Å²) in [4.78, 5) is 0. The Hall–Kier alpha value is -0.500. The van der Waals surface area contributed by atoms with Crippen molar-refractivity contribution in [1.82, 2.24) is 5.32 Å². The lowest BCUT2D eigenvalue weighted by molar-refractivity contribution is 0.0684. The number of rotatable bonds is 4. The smallest absolute Gasteiger partial charge is 0.149 e. The van der Waals surface area contributed by atoms with Gasteiger partial charge in [-0.1, -0.05) is 19.8 Å². The molecule has 12 heavy (non-hydrogen) atoms. The van der Waals surface area contributed by atoms with Gasteiger partial charge in [-0.2, -0.15) is 0 Å². The van der Waals surface area contributed by atoms with E-state index in [0.29, 0.717) is 0 Å². The molecule has 1 aliphatic rings. The van der Waals surface area contributed by atoms with Crippen LogP contribution in [-0.2, 0) is 4.74 Å². The van der Waals surface area contributed by atoms with Crippen LogP contribution in [0.4, 0.5) is 0 Å². The van der Waals surface area contributed by atoms with Crippen molar-refractivity contribution < 1.29 is 4.74 Å². The summed E-state index contributed by atoms with van der Waals surface area (Å²) < 4.78 is 5.58. The summed E-state index contributed by atoms with van der Waals surface area (Å²) in [7, 11) is 0. The molecule has 0 aromatic heterocycles. The number of unbranched alkanes of at least 4 members (excludes halogenated alkanes) is 2. The Morgan fingerprint density at radius 1 is 1.58 bits per heavy atom. The molecule has 2 nitrogen and oxygen atoms in total. The van der Waals surface area contributed by atoms with E-state index in [0.717, 1.165) is 18.7 Å². The summed E-state index contributed by atoms with van der Waals surface area (Å²) in [6.45, 7) is 5.20. The van der Waals surface area contributed by atoms with Crippen molar-refractivity contribution in [1.29, 1.82) is 0 Å². The van der Waals surface area contributed by atoms with Crippen LogP contribution in [-0.4, -0.2) is 12.8 Å². The largest absolute Gasteiger partial charge is 0.480 e. The van der Waals surface area contributed by atoms with Gasteiger partial charge >= 0.3 is 0 Å². The summed E-state index contributed by atoms with van der Waals surface area (Å²) in [6.07, 6.45) is 7.34. The van der Waals surface area contributed by atoms with Gasteiger partial charge in [0, 0.05) is 6.54 Å². The second-order valence-electron chi connectivity index (χ2n) is 3.33. The van der Waals surface area contributed by atoms with Gasteiger partial charge in [-0.05, 0) is 25.8 Å². The van der Waals surface area contributed by atoms with Crippen LogP contribution in [0.2, 0.25) is 0 Å². The lowest BCUT2D eigenvalue weighted by atomic mass is 10.2. The van der Waals surface area contributed by atoms with Crippen LogP contribution >= 0.6 is 0 Å². The zero-order valence-electron chi connectivity index (χ0n) is 8.10. The van der Waals surface area contributed by atoms with E-state index in [9.17, 15) is 0 Å². The van der Waals surface area contributed by atoms with Crippen LogP contribution in [0.15, 0.2) is 11.8 Å². The Balaban J connectivity index is 2.13. The lowest BCUT2D eigenvalue weighted by Crippen LogP contribution is -2.34. The molecular formula is C10H19NO. The topological polar surface area (TPSA) is 21.3 Å².